The average Bonchev–Trinajstić information content (AvgIpc) is 2.96. The number of sulfonamides is 1. The molecule has 7 nitrogen and oxygen atoms in total. The molecule has 0 radical (unpaired) electrons. The fourth-order valence-corrected chi connectivity index (χ4v) is 3.92. The summed E-state index contributed by atoms with van der Waals surface area (Å²) in [6.07, 6.45) is 4.57. The Kier molecular flexibility index (Phi) is 4.76. The zero-order valence-corrected chi connectivity index (χ0v) is 16.7. The number of imidazole rings is 1. The van der Waals surface area contributed by atoms with E-state index >= 15 is 0 Å². The minimum atomic E-state index is -3.50. The van der Waals surface area contributed by atoms with Gasteiger partial charge in [0.25, 0.3) is 5.91 Å². The van der Waals surface area contributed by atoms with E-state index in [0.717, 1.165) is 36.0 Å². The number of hydrogen-bond acceptors (Lipinski definition) is 4. The van der Waals surface area contributed by atoms with Crippen LogP contribution < -0.4 is 10.0 Å². The summed E-state index contributed by atoms with van der Waals surface area (Å²) in [6, 6.07) is 9.91. The Hall–Kier alpha value is -2.58. The number of aromatic nitrogens is 2. The minimum Gasteiger partial charge on any atom is -0.342 e. The van der Waals surface area contributed by atoms with Crippen molar-refractivity contribution in [2.75, 3.05) is 16.3 Å². The highest BCUT2D eigenvalue weighted by Gasteiger charge is 2.22. The number of carbonyl (C=O) groups is 1. The van der Waals surface area contributed by atoms with E-state index in [9.17, 15) is 13.2 Å². The van der Waals surface area contributed by atoms with E-state index < -0.39 is 10.0 Å². The van der Waals surface area contributed by atoms with Crippen LogP contribution in [-0.4, -0.2) is 30.5 Å². The molecule has 2 aromatic carbocycles. The van der Waals surface area contributed by atoms with Crippen LogP contribution in [0.5, 0.6) is 0 Å². The van der Waals surface area contributed by atoms with Crippen LogP contribution in [0.2, 0.25) is 5.02 Å². The maximum Gasteiger partial charge on any atom is 0.255 e. The Morgan fingerprint density at radius 1 is 1.21 bits per heavy atom. The summed E-state index contributed by atoms with van der Waals surface area (Å²) in [7, 11) is -3.50. The summed E-state index contributed by atoms with van der Waals surface area (Å²) in [4.78, 5) is 20.5. The van der Waals surface area contributed by atoms with E-state index in [0.29, 0.717) is 11.6 Å². The van der Waals surface area contributed by atoms with Crippen LogP contribution in [0.4, 0.5) is 11.4 Å². The number of rotatable bonds is 5. The number of nitrogens with zero attached hydrogens (tertiary/aromatic N) is 1. The number of H-pyrrole nitrogens is 1. The van der Waals surface area contributed by atoms with Crippen molar-refractivity contribution in [1.29, 1.82) is 0 Å². The number of benzene rings is 2. The average molecular weight is 419 g/mol. The first-order chi connectivity index (χ1) is 13.3. The Balaban J connectivity index is 1.55. The number of anilines is 2. The molecule has 0 spiro atoms. The van der Waals surface area contributed by atoms with Gasteiger partial charge in [-0.3, -0.25) is 9.52 Å². The largest absolute Gasteiger partial charge is 0.342 e. The number of aromatic amines is 1. The molecule has 1 amide bonds. The van der Waals surface area contributed by atoms with Crippen LogP contribution in [0, 0.1) is 0 Å². The molecule has 4 rings (SSSR count). The molecule has 1 aliphatic carbocycles. The smallest absolute Gasteiger partial charge is 0.255 e. The highest BCUT2D eigenvalue weighted by molar-refractivity contribution is 7.92. The summed E-state index contributed by atoms with van der Waals surface area (Å²) >= 11 is 6.01. The molecule has 0 bridgehead atoms. The number of carbonyl (C=O) groups excluding carboxylic acids is 1. The molecule has 0 unspecified atom stereocenters. The van der Waals surface area contributed by atoms with Crippen molar-refractivity contribution in [2.24, 2.45) is 0 Å². The maximum absolute atomic E-state index is 12.6. The number of amides is 1. The monoisotopic (exact) mass is 418 g/mol. The van der Waals surface area contributed by atoms with Gasteiger partial charge < -0.3 is 10.3 Å². The third-order valence-electron chi connectivity index (χ3n) is 4.77. The normalized spacial score (nSPS) is 14.6. The molecule has 1 aliphatic rings. The first-order valence-electron chi connectivity index (χ1n) is 8.87. The van der Waals surface area contributed by atoms with E-state index in [1.54, 1.807) is 6.07 Å². The second kappa shape index (κ2) is 7.10. The predicted molar refractivity (Wildman–Crippen MR) is 111 cm³/mol. The third kappa shape index (κ3) is 3.98. The van der Waals surface area contributed by atoms with Crippen molar-refractivity contribution in [3.8, 4) is 0 Å². The first-order valence-corrected chi connectivity index (χ1v) is 11.1. The van der Waals surface area contributed by atoms with Crippen molar-refractivity contribution in [3.63, 3.8) is 0 Å². The highest BCUT2D eigenvalue weighted by atomic mass is 35.5. The van der Waals surface area contributed by atoms with E-state index in [4.69, 9.17) is 11.6 Å². The Morgan fingerprint density at radius 3 is 2.68 bits per heavy atom. The van der Waals surface area contributed by atoms with Gasteiger partial charge in [0.1, 0.15) is 5.82 Å². The predicted octanol–water partition coefficient (Wildman–Crippen LogP) is 4.11. The van der Waals surface area contributed by atoms with Gasteiger partial charge in [0.15, 0.2) is 0 Å². The fraction of sp³-hybridized carbons (Fsp3) is 0.263. The summed E-state index contributed by atoms with van der Waals surface area (Å²) in [5.41, 5.74) is 2.80. The minimum absolute atomic E-state index is 0.158. The Labute approximate surface area is 167 Å². The molecule has 1 aromatic heterocycles. The lowest BCUT2D eigenvalue weighted by Gasteiger charge is -2.22. The zero-order chi connectivity index (χ0) is 19.9. The van der Waals surface area contributed by atoms with Crippen molar-refractivity contribution in [3.05, 3.63) is 52.8 Å². The molecule has 3 aromatic rings. The number of nitrogens with one attached hydrogen (secondary N) is 3. The standard InChI is InChI=1S/C19H19ClN4O3S/c1-28(26,27)24-16-9-12(5-7-14(16)20)19(25)21-13-6-8-15-17(10-13)23-18(22-15)11-3-2-4-11/h5-11,24H,2-4H2,1H3,(H,21,25)(H,22,23). The Bertz CT molecular complexity index is 1170. The third-order valence-corrected chi connectivity index (χ3v) is 5.69. The van der Waals surface area contributed by atoms with Gasteiger partial charge in [0, 0.05) is 17.2 Å². The maximum atomic E-state index is 12.6. The number of hydrogen-bond donors (Lipinski definition) is 3. The van der Waals surface area contributed by atoms with Crippen LogP contribution in [0.25, 0.3) is 11.0 Å². The van der Waals surface area contributed by atoms with Crippen LogP contribution >= 0.6 is 11.6 Å². The second-order valence-corrected chi connectivity index (χ2v) is 9.16. The van der Waals surface area contributed by atoms with Crippen molar-refractivity contribution in [1.82, 2.24) is 9.97 Å². The summed E-state index contributed by atoms with van der Waals surface area (Å²) < 4.78 is 25.2. The van der Waals surface area contributed by atoms with Gasteiger partial charge in [0.05, 0.1) is 28.0 Å². The molecule has 0 saturated heterocycles. The van der Waals surface area contributed by atoms with Crippen LogP contribution in [0.1, 0.15) is 41.4 Å². The van der Waals surface area contributed by atoms with Crippen molar-refractivity contribution < 1.29 is 13.2 Å². The molecule has 0 atom stereocenters. The number of fused-ring (bicyclic) bond motifs is 1. The molecule has 3 N–H and O–H groups in total. The molecule has 0 aliphatic heterocycles. The van der Waals surface area contributed by atoms with Gasteiger partial charge in [-0.1, -0.05) is 18.0 Å². The molecule has 28 heavy (non-hydrogen) atoms. The lowest BCUT2D eigenvalue weighted by Crippen LogP contribution is -2.14. The lowest BCUT2D eigenvalue weighted by molar-refractivity contribution is 0.102. The summed E-state index contributed by atoms with van der Waals surface area (Å²) in [5.74, 6) is 1.13. The highest BCUT2D eigenvalue weighted by Crippen LogP contribution is 2.35. The molecular formula is C19H19ClN4O3S. The molecule has 1 heterocycles. The summed E-state index contributed by atoms with van der Waals surface area (Å²) in [6.45, 7) is 0. The zero-order valence-electron chi connectivity index (χ0n) is 15.1. The van der Waals surface area contributed by atoms with Crippen molar-refractivity contribution in [2.45, 2.75) is 25.2 Å². The SMILES string of the molecule is CS(=O)(=O)Nc1cc(C(=O)Nc2ccc3nc(C4CCC4)[nH]c3c2)ccc1Cl. The quantitative estimate of drug-likeness (QED) is 0.580. The molecular weight excluding hydrogens is 400 g/mol. The molecule has 9 heteroatoms. The fourth-order valence-electron chi connectivity index (χ4n) is 3.13. The van der Waals surface area contributed by atoms with Crippen LogP contribution in [0.15, 0.2) is 36.4 Å². The van der Waals surface area contributed by atoms with Gasteiger partial charge >= 0.3 is 0 Å². The van der Waals surface area contributed by atoms with Crippen LogP contribution in [-0.2, 0) is 10.0 Å². The van der Waals surface area contributed by atoms with Gasteiger partial charge in [-0.2, -0.15) is 0 Å². The van der Waals surface area contributed by atoms with E-state index in [1.165, 1.54) is 24.6 Å². The van der Waals surface area contributed by atoms with Crippen molar-refractivity contribution >= 4 is 49.9 Å². The summed E-state index contributed by atoms with van der Waals surface area (Å²) in [5, 5.41) is 3.03. The van der Waals surface area contributed by atoms with E-state index in [2.05, 4.69) is 20.0 Å². The first kappa shape index (κ1) is 18.8. The van der Waals surface area contributed by atoms with E-state index in [-0.39, 0.29) is 22.2 Å². The van der Waals surface area contributed by atoms with Gasteiger partial charge in [0.2, 0.25) is 10.0 Å². The van der Waals surface area contributed by atoms with E-state index in [1.807, 2.05) is 12.1 Å². The Morgan fingerprint density at radius 2 is 2.00 bits per heavy atom. The molecule has 1 fully saturated rings. The van der Waals surface area contributed by atoms with Gasteiger partial charge in [-0.25, -0.2) is 13.4 Å². The number of halogens is 1. The lowest BCUT2D eigenvalue weighted by atomic mass is 9.85. The topological polar surface area (TPSA) is 104 Å². The molecule has 146 valence electrons. The van der Waals surface area contributed by atoms with Gasteiger partial charge in [-0.15, -0.1) is 0 Å². The molecule has 1 saturated carbocycles. The second-order valence-electron chi connectivity index (χ2n) is 7.00. The van der Waals surface area contributed by atoms with Gasteiger partial charge in [-0.05, 0) is 49.2 Å². The van der Waals surface area contributed by atoms with Crippen LogP contribution in [0.3, 0.4) is 0 Å².